The molecule has 158 valence electrons. The van der Waals surface area contributed by atoms with Crippen molar-refractivity contribution in [2.45, 2.75) is 77.0 Å². The first kappa shape index (κ1) is 21.3. The molecule has 0 saturated heterocycles. The van der Waals surface area contributed by atoms with Crippen LogP contribution in [0.3, 0.4) is 0 Å². The molecule has 29 heavy (non-hydrogen) atoms. The normalized spacial score (nSPS) is 20.3. The molecule has 3 N–H and O–H groups in total. The summed E-state index contributed by atoms with van der Waals surface area (Å²) in [6.07, 6.45) is 6.41. The molecule has 2 unspecified atom stereocenters. The number of H-pyrrole nitrogens is 1. The standard InChI is InChI=1S/C22H32N4O3/c1-3-29-15(2)8-6-13-20(27)23-16-9-7-10-17(14-16)24-21-18-11-4-5-12-19(18)22(28)26-25-21/h4-5,11-12,15-17H,3,6-10,13-14H2,1-2H3,(H,23,27)(H,24,25)(H,26,28)/t15-,16?,17?/m0/s1. The topological polar surface area (TPSA) is 96.1 Å². The summed E-state index contributed by atoms with van der Waals surface area (Å²) < 4.78 is 5.51. The highest BCUT2D eigenvalue weighted by atomic mass is 16.5. The van der Waals surface area contributed by atoms with Crippen molar-refractivity contribution in [3.8, 4) is 0 Å². The zero-order valence-corrected chi connectivity index (χ0v) is 17.4. The van der Waals surface area contributed by atoms with Gasteiger partial charge in [0.2, 0.25) is 5.91 Å². The van der Waals surface area contributed by atoms with Crippen molar-refractivity contribution in [1.29, 1.82) is 0 Å². The van der Waals surface area contributed by atoms with Crippen LogP contribution in [0.2, 0.25) is 0 Å². The van der Waals surface area contributed by atoms with Crippen molar-refractivity contribution in [1.82, 2.24) is 15.5 Å². The second kappa shape index (κ2) is 10.4. The fourth-order valence-corrected chi connectivity index (χ4v) is 4.09. The molecule has 0 aliphatic heterocycles. The van der Waals surface area contributed by atoms with Crippen molar-refractivity contribution in [2.24, 2.45) is 0 Å². The average Bonchev–Trinajstić information content (AvgIpc) is 2.71. The lowest BCUT2D eigenvalue weighted by Gasteiger charge is -2.31. The minimum absolute atomic E-state index is 0.118. The van der Waals surface area contributed by atoms with Gasteiger partial charge in [-0.2, -0.15) is 5.10 Å². The van der Waals surface area contributed by atoms with E-state index in [1.54, 1.807) is 6.07 Å². The molecular formula is C22H32N4O3. The van der Waals surface area contributed by atoms with Crippen LogP contribution in [0.25, 0.3) is 10.8 Å². The maximum absolute atomic E-state index is 12.3. The number of hydrogen-bond acceptors (Lipinski definition) is 5. The number of anilines is 1. The van der Waals surface area contributed by atoms with Crippen LogP contribution < -0.4 is 16.2 Å². The number of nitrogens with one attached hydrogen (secondary N) is 3. The molecule has 1 aliphatic carbocycles. The molecule has 3 atom stereocenters. The van der Waals surface area contributed by atoms with E-state index in [1.165, 1.54) is 0 Å². The van der Waals surface area contributed by atoms with Gasteiger partial charge in [-0.25, -0.2) is 5.10 Å². The zero-order valence-electron chi connectivity index (χ0n) is 17.4. The second-order valence-corrected chi connectivity index (χ2v) is 7.88. The van der Waals surface area contributed by atoms with Crippen molar-refractivity contribution in [3.63, 3.8) is 0 Å². The smallest absolute Gasteiger partial charge is 0.272 e. The molecule has 1 aromatic heterocycles. The minimum atomic E-state index is -0.182. The SMILES string of the molecule is CCO[C@@H](C)CCCC(=O)NC1CCCC(Nc2n[nH]c(=O)c3ccccc23)C1. The lowest BCUT2D eigenvalue weighted by atomic mass is 9.90. The fourth-order valence-electron chi connectivity index (χ4n) is 4.09. The average molecular weight is 401 g/mol. The van der Waals surface area contributed by atoms with Gasteiger partial charge < -0.3 is 15.4 Å². The molecule has 1 aromatic carbocycles. The Labute approximate surface area is 171 Å². The number of nitrogens with zero attached hydrogens (tertiary/aromatic N) is 1. The van der Waals surface area contributed by atoms with Gasteiger partial charge in [-0.05, 0) is 58.4 Å². The third kappa shape index (κ3) is 6.03. The summed E-state index contributed by atoms with van der Waals surface area (Å²) >= 11 is 0. The van der Waals surface area contributed by atoms with Crippen LogP contribution in [0.1, 0.15) is 58.8 Å². The molecule has 1 amide bonds. The lowest BCUT2D eigenvalue weighted by Crippen LogP contribution is -2.42. The predicted molar refractivity (Wildman–Crippen MR) is 115 cm³/mol. The lowest BCUT2D eigenvalue weighted by molar-refractivity contribution is -0.122. The zero-order chi connectivity index (χ0) is 20.6. The van der Waals surface area contributed by atoms with E-state index in [-0.39, 0.29) is 29.7 Å². The summed E-state index contributed by atoms with van der Waals surface area (Å²) in [7, 11) is 0. The van der Waals surface area contributed by atoms with Crippen molar-refractivity contribution < 1.29 is 9.53 Å². The highest BCUT2D eigenvalue weighted by Gasteiger charge is 2.24. The number of carbonyl (C=O) groups excluding carboxylic acids is 1. The van der Waals surface area contributed by atoms with Gasteiger partial charge in [0.1, 0.15) is 0 Å². The van der Waals surface area contributed by atoms with Gasteiger partial charge >= 0.3 is 0 Å². The number of aromatic amines is 1. The second-order valence-electron chi connectivity index (χ2n) is 7.88. The first-order chi connectivity index (χ1) is 14.1. The maximum atomic E-state index is 12.3. The Kier molecular flexibility index (Phi) is 7.63. The predicted octanol–water partition coefficient (Wildman–Crippen LogP) is 3.36. The van der Waals surface area contributed by atoms with Gasteiger partial charge in [0.25, 0.3) is 5.56 Å². The summed E-state index contributed by atoms with van der Waals surface area (Å²) in [5, 5.41) is 14.9. The summed E-state index contributed by atoms with van der Waals surface area (Å²) in [5.74, 6) is 0.814. The summed E-state index contributed by atoms with van der Waals surface area (Å²) in [4.78, 5) is 24.3. The molecule has 0 spiro atoms. The molecule has 0 bridgehead atoms. The number of amides is 1. The number of hydrogen-bond donors (Lipinski definition) is 3. The number of rotatable bonds is 9. The molecule has 3 rings (SSSR count). The Hall–Kier alpha value is -2.41. The van der Waals surface area contributed by atoms with Crippen molar-refractivity contribution >= 4 is 22.5 Å². The number of carbonyl (C=O) groups is 1. The number of benzene rings is 1. The van der Waals surface area contributed by atoms with E-state index < -0.39 is 0 Å². The molecule has 2 aromatic rings. The summed E-state index contributed by atoms with van der Waals surface area (Å²) in [6, 6.07) is 7.86. The van der Waals surface area contributed by atoms with Gasteiger partial charge in [0.05, 0.1) is 11.5 Å². The van der Waals surface area contributed by atoms with Gasteiger partial charge in [0.15, 0.2) is 5.82 Å². The van der Waals surface area contributed by atoms with E-state index in [0.29, 0.717) is 24.2 Å². The van der Waals surface area contributed by atoms with Crippen LogP contribution in [-0.2, 0) is 9.53 Å². The Morgan fingerprint density at radius 3 is 2.83 bits per heavy atom. The van der Waals surface area contributed by atoms with E-state index in [4.69, 9.17) is 4.74 Å². The van der Waals surface area contributed by atoms with Gasteiger partial charge in [-0.3, -0.25) is 9.59 Å². The molecule has 0 radical (unpaired) electrons. The van der Waals surface area contributed by atoms with E-state index >= 15 is 0 Å². The van der Waals surface area contributed by atoms with E-state index in [0.717, 1.165) is 43.9 Å². The molecule has 1 aliphatic rings. The van der Waals surface area contributed by atoms with Crippen molar-refractivity contribution in [2.75, 3.05) is 11.9 Å². The molecule has 1 saturated carbocycles. The fraction of sp³-hybridized carbons (Fsp3) is 0.591. The Morgan fingerprint density at radius 2 is 2.03 bits per heavy atom. The number of ether oxygens (including phenoxy) is 1. The van der Waals surface area contributed by atoms with Gasteiger partial charge in [-0.1, -0.05) is 18.2 Å². The van der Waals surface area contributed by atoms with E-state index in [2.05, 4.69) is 20.8 Å². The molecular weight excluding hydrogens is 368 g/mol. The number of fused-ring (bicyclic) bond motifs is 1. The highest BCUT2D eigenvalue weighted by molar-refractivity contribution is 5.90. The molecule has 7 heteroatoms. The van der Waals surface area contributed by atoms with Crippen LogP contribution >= 0.6 is 0 Å². The number of aromatic nitrogens is 2. The summed E-state index contributed by atoms with van der Waals surface area (Å²) in [6.45, 7) is 4.75. The third-order valence-electron chi connectivity index (χ3n) is 5.54. The quantitative estimate of drug-likeness (QED) is 0.600. The minimum Gasteiger partial charge on any atom is -0.379 e. The van der Waals surface area contributed by atoms with Crippen LogP contribution in [-0.4, -0.2) is 40.9 Å². The highest BCUT2D eigenvalue weighted by Crippen LogP contribution is 2.24. The Bertz CT molecular complexity index is 867. The van der Waals surface area contributed by atoms with Crippen LogP contribution in [0, 0.1) is 0 Å². The third-order valence-corrected chi connectivity index (χ3v) is 5.54. The first-order valence-corrected chi connectivity index (χ1v) is 10.7. The van der Waals surface area contributed by atoms with Crippen LogP contribution in [0.15, 0.2) is 29.1 Å². The van der Waals surface area contributed by atoms with Gasteiger partial charge in [-0.15, -0.1) is 0 Å². The van der Waals surface area contributed by atoms with Crippen LogP contribution in [0.5, 0.6) is 0 Å². The Morgan fingerprint density at radius 1 is 1.28 bits per heavy atom. The van der Waals surface area contributed by atoms with Crippen molar-refractivity contribution in [3.05, 3.63) is 34.6 Å². The molecule has 1 fully saturated rings. The Balaban J connectivity index is 1.52. The van der Waals surface area contributed by atoms with Crippen LogP contribution in [0.4, 0.5) is 5.82 Å². The monoisotopic (exact) mass is 400 g/mol. The van der Waals surface area contributed by atoms with E-state index in [9.17, 15) is 9.59 Å². The largest absolute Gasteiger partial charge is 0.379 e. The first-order valence-electron chi connectivity index (χ1n) is 10.7. The van der Waals surface area contributed by atoms with E-state index in [1.807, 2.05) is 32.0 Å². The summed E-state index contributed by atoms with van der Waals surface area (Å²) in [5.41, 5.74) is -0.182. The maximum Gasteiger partial charge on any atom is 0.272 e. The molecule has 7 nitrogen and oxygen atoms in total. The molecule has 1 heterocycles. The van der Waals surface area contributed by atoms with Gasteiger partial charge in [0, 0.05) is 30.5 Å².